The van der Waals surface area contributed by atoms with Gasteiger partial charge in [0.15, 0.2) is 0 Å². The van der Waals surface area contributed by atoms with Crippen molar-refractivity contribution in [1.29, 1.82) is 0 Å². The molecule has 1 aliphatic rings. The smallest absolute Gasteiger partial charge is 0.273 e. The van der Waals surface area contributed by atoms with Gasteiger partial charge in [-0.15, -0.1) is 0 Å². The van der Waals surface area contributed by atoms with Crippen LogP contribution in [0, 0.1) is 0 Å². The van der Waals surface area contributed by atoms with E-state index in [4.69, 9.17) is 16.3 Å². The normalized spacial score (nSPS) is 16.1. The molecule has 1 N–H and O–H groups in total. The number of H-pyrrole nitrogens is 1. The van der Waals surface area contributed by atoms with Crippen LogP contribution >= 0.6 is 11.6 Å². The average Bonchev–Trinajstić information content (AvgIpc) is 3.26. The highest BCUT2D eigenvalue weighted by atomic mass is 35.5. The van der Waals surface area contributed by atoms with Crippen LogP contribution in [-0.2, 0) is 0 Å². The van der Waals surface area contributed by atoms with E-state index in [0.29, 0.717) is 17.3 Å². The van der Waals surface area contributed by atoms with Crippen LogP contribution in [-0.4, -0.2) is 33.2 Å². The molecule has 0 saturated heterocycles. The van der Waals surface area contributed by atoms with E-state index in [2.05, 4.69) is 37.9 Å². The van der Waals surface area contributed by atoms with Gasteiger partial charge < -0.3 is 9.64 Å². The van der Waals surface area contributed by atoms with Gasteiger partial charge in [0.05, 0.1) is 18.3 Å². The first-order valence-electron chi connectivity index (χ1n) is 10.2. The lowest BCUT2D eigenvalue weighted by molar-refractivity contribution is 0.0546. The van der Waals surface area contributed by atoms with E-state index in [0.717, 1.165) is 34.6 Å². The number of aromatic nitrogens is 2. The molecule has 0 aliphatic carbocycles. The number of amides is 1. The second kappa shape index (κ2) is 7.80. The van der Waals surface area contributed by atoms with E-state index >= 15 is 0 Å². The molecule has 5 nitrogen and oxygen atoms in total. The van der Waals surface area contributed by atoms with Gasteiger partial charge in [0, 0.05) is 21.7 Å². The Hall–Kier alpha value is -2.79. The quantitative estimate of drug-likeness (QED) is 0.558. The zero-order chi connectivity index (χ0) is 21.5. The molecular weight excluding hydrogens is 398 g/mol. The lowest BCUT2D eigenvalue weighted by atomic mass is 9.93. The SMILES string of the molecule is CCCOc1ccc(C2c3c(-c4ccc(Cl)cc4)n[nH]c3C(=O)N2C(C)(C)C)cc1. The Kier molecular flexibility index (Phi) is 5.33. The molecule has 1 aromatic heterocycles. The number of halogens is 1. The second-order valence-electron chi connectivity index (χ2n) is 8.53. The van der Waals surface area contributed by atoms with Crippen molar-refractivity contribution in [2.45, 2.75) is 45.7 Å². The van der Waals surface area contributed by atoms with Gasteiger partial charge in [-0.05, 0) is 57.0 Å². The molecule has 1 unspecified atom stereocenters. The van der Waals surface area contributed by atoms with Crippen LogP contribution in [0.1, 0.15) is 61.8 Å². The summed E-state index contributed by atoms with van der Waals surface area (Å²) in [5.74, 6) is 0.791. The number of benzene rings is 2. The first-order chi connectivity index (χ1) is 14.3. The molecular formula is C24H26ClN3O2. The molecule has 1 amide bonds. The summed E-state index contributed by atoms with van der Waals surface area (Å²) in [6.45, 7) is 8.92. The van der Waals surface area contributed by atoms with Crippen molar-refractivity contribution in [3.8, 4) is 17.0 Å². The van der Waals surface area contributed by atoms with Gasteiger partial charge in [0.25, 0.3) is 5.91 Å². The third-order valence-electron chi connectivity index (χ3n) is 5.28. The Morgan fingerprint density at radius 1 is 1.10 bits per heavy atom. The van der Waals surface area contributed by atoms with Gasteiger partial charge in [-0.1, -0.05) is 42.8 Å². The van der Waals surface area contributed by atoms with E-state index in [9.17, 15) is 4.79 Å². The summed E-state index contributed by atoms with van der Waals surface area (Å²) in [5.41, 5.74) is 3.81. The number of nitrogens with zero attached hydrogens (tertiary/aromatic N) is 2. The summed E-state index contributed by atoms with van der Waals surface area (Å²) in [4.78, 5) is 15.3. The largest absolute Gasteiger partial charge is 0.494 e. The number of rotatable bonds is 5. The Labute approximate surface area is 182 Å². The van der Waals surface area contributed by atoms with Crippen LogP contribution in [0.4, 0.5) is 0 Å². The van der Waals surface area contributed by atoms with Gasteiger partial charge in [0.1, 0.15) is 11.4 Å². The van der Waals surface area contributed by atoms with Gasteiger partial charge in [-0.2, -0.15) is 5.10 Å². The highest BCUT2D eigenvalue weighted by molar-refractivity contribution is 6.30. The number of ether oxygens (including phenoxy) is 1. The first kappa shape index (κ1) is 20.5. The minimum atomic E-state index is -0.365. The number of hydrogen-bond acceptors (Lipinski definition) is 3. The third-order valence-corrected chi connectivity index (χ3v) is 5.53. The molecule has 4 rings (SSSR count). The molecule has 3 aromatic rings. The fourth-order valence-corrected chi connectivity index (χ4v) is 4.07. The third kappa shape index (κ3) is 3.58. The topological polar surface area (TPSA) is 58.2 Å². The van der Waals surface area contributed by atoms with Crippen LogP contribution in [0.5, 0.6) is 5.75 Å². The minimum Gasteiger partial charge on any atom is -0.494 e. The summed E-state index contributed by atoms with van der Waals surface area (Å²) in [5, 5.41) is 8.15. The van der Waals surface area contributed by atoms with Gasteiger partial charge in [0.2, 0.25) is 0 Å². The summed E-state index contributed by atoms with van der Waals surface area (Å²) in [6, 6.07) is 15.3. The van der Waals surface area contributed by atoms with E-state index in [1.54, 1.807) is 0 Å². The van der Waals surface area contributed by atoms with E-state index in [-0.39, 0.29) is 17.5 Å². The maximum absolute atomic E-state index is 13.3. The van der Waals surface area contributed by atoms with Crippen molar-refractivity contribution in [3.05, 3.63) is 70.4 Å². The maximum atomic E-state index is 13.3. The number of carbonyl (C=O) groups excluding carboxylic acids is 1. The summed E-state index contributed by atoms with van der Waals surface area (Å²) >= 11 is 6.07. The monoisotopic (exact) mass is 423 g/mol. The first-order valence-corrected chi connectivity index (χ1v) is 10.6. The van der Waals surface area contributed by atoms with Crippen LogP contribution in [0.25, 0.3) is 11.3 Å². The average molecular weight is 424 g/mol. The lowest BCUT2D eigenvalue weighted by Gasteiger charge is -2.37. The summed E-state index contributed by atoms with van der Waals surface area (Å²) in [6.07, 6.45) is 0.958. The number of nitrogens with one attached hydrogen (secondary N) is 1. The molecule has 0 bridgehead atoms. The van der Waals surface area contributed by atoms with Crippen molar-refractivity contribution in [2.75, 3.05) is 6.61 Å². The molecule has 156 valence electrons. The molecule has 0 saturated carbocycles. The predicted molar refractivity (Wildman–Crippen MR) is 119 cm³/mol. The Morgan fingerprint density at radius 3 is 2.37 bits per heavy atom. The van der Waals surface area contributed by atoms with Crippen LogP contribution in [0.3, 0.4) is 0 Å². The number of carbonyl (C=O) groups is 1. The molecule has 1 aliphatic heterocycles. The summed E-state index contributed by atoms with van der Waals surface area (Å²) < 4.78 is 5.74. The number of aromatic amines is 1. The fourth-order valence-electron chi connectivity index (χ4n) is 3.95. The van der Waals surface area contributed by atoms with E-state index < -0.39 is 0 Å². The number of fused-ring (bicyclic) bond motifs is 1. The maximum Gasteiger partial charge on any atom is 0.273 e. The van der Waals surface area contributed by atoms with Crippen LogP contribution in [0.2, 0.25) is 5.02 Å². The Bertz CT molecular complexity index is 1050. The molecule has 30 heavy (non-hydrogen) atoms. The second-order valence-corrected chi connectivity index (χ2v) is 8.97. The van der Waals surface area contributed by atoms with Gasteiger partial charge in [-0.3, -0.25) is 9.89 Å². The van der Waals surface area contributed by atoms with Gasteiger partial charge >= 0.3 is 0 Å². The van der Waals surface area contributed by atoms with Crippen molar-refractivity contribution >= 4 is 17.5 Å². The van der Waals surface area contributed by atoms with E-state index in [1.807, 2.05) is 53.4 Å². The lowest BCUT2D eigenvalue weighted by Crippen LogP contribution is -2.44. The van der Waals surface area contributed by atoms with Gasteiger partial charge in [-0.25, -0.2) is 0 Å². The number of hydrogen-bond donors (Lipinski definition) is 1. The zero-order valence-corrected chi connectivity index (χ0v) is 18.5. The Balaban J connectivity index is 1.82. The van der Waals surface area contributed by atoms with Crippen LogP contribution in [0.15, 0.2) is 48.5 Å². The molecule has 0 radical (unpaired) electrons. The summed E-state index contributed by atoms with van der Waals surface area (Å²) in [7, 11) is 0. The molecule has 2 aromatic carbocycles. The van der Waals surface area contributed by atoms with Crippen molar-refractivity contribution < 1.29 is 9.53 Å². The molecule has 6 heteroatoms. The van der Waals surface area contributed by atoms with E-state index in [1.165, 1.54) is 0 Å². The van der Waals surface area contributed by atoms with Crippen molar-refractivity contribution in [3.63, 3.8) is 0 Å². The fraction of sp³-hybridized carbons (Fsp3) is 0.333. The molecule has 2 heterocycles. The van der Waals surface area contributed by atoms with Crippen molar-refractivity contribution in [2.24, 2.45) is 0 Å². The van der Waals surface area contributed by atoms with Crippen LogP contribution < -0.4 is 4.74 Å². The predicted octanol–water partition coefficient (Wildman–Crippen LogP) is 5.86. The zero-order valence-electron chi connectivity index (χ0n) is 17.7. The molecule has 0 fully saturated rings. The molecule has 0 spiro atoms. The highest BCUT2D eigenvalue weighted by Gasteiger charge is 2.46. The van der Waals surface area contributed by atoms with Crippen molar-refractivity contribution in [1.82, 2.24) is 15.1 Å². The Morgan fingerprint density at radius 2 is 1.77 bits per heavy atom. The minimum absolute atomic E-state index is 0.0403. The highest BCUT2D eigenvalue weighted by Crippen LogP contribution is 2.46. The standard InChI is InChI=1S/C24H26ClN3O2/c1-5-14-30-18-12-8-16(9-13-18)22-19-20(15-6-10-17(25)11-7-15)26-27-21(19)23(29)28(22)24(2,3)4/h6-13,22H,5,14H2,1-4H3,(H,26,27). The molecule has 1 atom stereocenters.